The van der Waals surface area contributed by atoms with Crippen LogP contribution in [0.2, 0.25) is 0 Å². The van der Waals surface area contributed by atoms with Crippen molar-refractivity contribution < 1.29 is 28.6 Å². The second-order valence-electron chi connectivity index (χ2n) is 19.3. The Morgan fingerprint density at radius 3 is 1.60 bits per heavy atom. The van der Waals surface area contributed by atoms with E-state index in [2.05, 4.69) is 40.3 Å². The monoisotopic (exact) mass is 811 g/mol. The van der Waals surface area contributed by atoms with Crippen molar-refractivity contribution in [3.05, 3.63) is 23.8 Å². The number of hydrogen-bond donors (Lipinski definition) is 0. The number of carbonyl (C=O) groups is 3. The Morgan fingerprint density at radius 1 is 0.672 bits per heavy atom. The molecular formula is C52H90O6. The largest absolute Gasteiger partial charge is 0.465 e. The number of rotatable bonds is 33. The van der Waals surface area contributed by atoms with Crippen molar-refractivity contribution in [2.45, 2.75) is 252 Å². The maximum Gasteiger partial charge on any atom is 0.333 e. The van der Waals surface area contributed by atoms with Crippen LogP contribution in [-0.2, 0) is 28.6 Å². The molecule has 58 heavy (non-hydrogen) atoms. The SMILES string of the molecule is C=C1CCC2C(C)(COC(=O)CCCCCCCCCCCCCCC)C(OC(=O)CCCCCCCCCCCCCCC)CCC2(C)C1C/C=C1/CCOC1=O. The molecule has 1 aliphatic heterocycles. The van der Waals surface area contributed by atoms with Crippen molar-refractivity contribution in [1.82, 2.24) is 0 Å². The van der Waals surface area contributed by atoms with E-state index in [-0.39, 0.29) is 47.9 Å². The molecule has 334 valence electrons. The first kappa shape index (κ1) is 50.2. The second kappa shape index (κ2) is 29.2. The smallest absolute Gasteiger partial charge is 0.333 e. The van der Waals surface area contributed by atoms with Crippen LogP contribution in [0, 0.1) is 22.7 Å². The summed E-state index contributed by atoms with van der Waals surface area (Å²) >= 11 is 0. The summed E-state index contributed by atoms with van der Waals surface area (Å²) < 4.78 is 17.8. The molecule has 0 aromatic carbocycles. The molecule has 0 radical (unpaired) electrons. The van der Waals surface area contributed by atoms with E-state index < -0.39 is 5.41 Å². The molecule has 0 aromatic heterocycles. The van der Waals surface area contributed by atoms with Crippen LogP contribution in [0.1, 0.15) is 246 Å². The highest BCUT2D eigenvalue weighted by Gasteiger charge is 2.59. The van der Waals surface area contributed by atoms with Gasteiger partial charge in [0.15, 0.2) is 0 Å². The van der Waals surface area contributed by atoms with Crippen LogP contribution in [-0.4, -0.2) is 37.2 Å². The fourth-order valence-electron chi connectivity index (χ4n) is 10.8. The minimum absolute atomic E-state index is 0.108. The van der Waals surface area contributed by atoms with Crippen LogP contribution < -0.4 is 0 Å². The summed E-state index contributed by atoms with van der Waals surface area (Å²) in [6.45, 7) is 14.4. The van der Waals surface area contributed by atoms with Gasteiger partial charge in [0, 0.05) is 30.3 Å². The van der Waals surface area contributed by atoms with Crippen molar-refractivity contribution in [3.63, 3.8) is 0 Å². The van der Waals surface area contributed by atoms with E-state index in [1.54, 1.807) is 0 Å². The lowest BCUT2D eigenvalue weighted by molar-refractivity contribution is -0.193. The molecule has 1 heterocycles. The van der Waals surface area contributed by atoms with Crippen molar-refractivity contribution in [1.29, 1.82) is 0 Å². The maximum atomic E-state index is 13.4. The first-order valence-corrected chi connectivity index (χ1v) is 25.0. The molecule has 1 saturated heterocycles. The molecule has 0 bridgehead atoms. The van der Waals surface area contributed by atoms with Gasteiger partial charge in [-0.15, -0.1) is 0 Å². The quantitative estimate of drug-likeness (QED) is 0.0216. The molecule has 0 spiro atoms. The van der Waals surface area contributed by atoms with E-state index in [1.165, 1.54) is 147 Å². The summed E-state index contributed by atoms with van der Waals surface area (Å²) in [6.07, 6.45) is 40.8. The van der Waals surface area contributed by atoms with Crippen molar-refractivity contribution in [2.24, 2.45) is 22.7 Å². The average molecular weight is 811 g/mol. The van der Waals surface area contributed by atoms with Gasteiger partial charge in [0.2, 0.25) is 0 Å². The third-order valence-corrected chi connectivity index (χ3v) is 14.6. The third kappa shape index (κ3) is 17.9. The molecule has 5 unspecified atom stereocenters. The molecule has 2 aliphatic carbocycles. The van der Waals surface area contributed by atoms with Crippen molar-refractivity contribution in [2.75, 3.05) is 13.2 Å². The highest BCUT2D eigenvalue weighted by molar-refractivity contribution is 5.90. The van der Waals surface area contributed by atoms with Gasteiger partial charge < -0.3 is 14.2 Å². The van der Waals surface area contributed by atoms with Gasteiger partial charge in [0.05, 0.1) is 6.61 Å². The number of hydrogen-bond acceptors (Lipinski definition) is 6. The third-order valence-electron chi connectivity index (χ3n) is 14.6. The molecule has 3 aliphatic rings. The van der Waals surface area contributed by atoms with Crippen molar-refractivity contribution in [3.8, 4) is 0 Å². The maximum absolute atomic E-state index is 13.4. The standard InChI is InChI=1S/C52H90O6/c1-6-8-10-12-14-16-18-20-22-24-26-28-30-32-48(53)57-42-52(5)46-37-34-43(3)45(36-35-44-39-41-56-50(44)55)51(46,4)40-38-47(52)58-49(54)33-31-29-27-25-23-21-19-17-15-13-11-9-7-2/h35,45-47H,3,6-34,36-42H2,1-2,4-5H3/b44-35-. The minimum Gasteiger partial charge on any atom is -0.465 e. The van der Waals surface area contributed by atoms with E-state index in [9.17, 15) is 14.4 Å². The van der Waals surface area contributed by atoms with Gasteiger partial charge in [-0.3, -0.25) is 9.59 Å². The van der Waals surface area contributed by atoms with Crippen LogP contribution in [0.25, 0.3) is 0 Å². The van der Waals surface area contributed by atoms with E-state index in [0.717, 1.165) is 63.4 Å². The topological polar surface area (TPSA) is 78.9 Å². The van der Waals surface area contributed by atoms with Gasteiger partial charge in [-0.05, 0) is 62.2 Å². The fraction of sp³-hybridized carbons (Fsp3) is 0.865. The van der Waals surface area contributed by atoms with Crippen LogP contribution in [0.4, 0.5) is 0 Å². The predicted molar refractivity (Wildman–Crippen MR) is 241 cm³/mol. The van der Waals surface area contributed by atoms with Crippen LogP contribution >= 0.6 is 0 Å². The Bertz CT molecular complexity index is 1210. The lowest BCUT2D eigenvalue weighted by atomic mass is 9.46. The number of fused-ring (bicyclic) bond motifs is 1. The number of ether oxygens (including phenoxy) is 3. The lowest BCUT2D eigenvalue weighted by Gasteiger charge is -2.60. The zero-order valence-corrected chi connectivity index (χ0v) is 38.4. The highest BCUT2D eigenvalue weighted by atomic mass is 16.6. The predicted octanol–water partition coefficient (Wildman–Crippen LogP) is 15.1. The number of cyclic esters (lactones) is 1. The summed E-state index contributed by atoms with van der Waals surface area (Å²) in [7, 11) is 0. The molecule has 3 rings (SSSR count). The first-order chi connectivity index (χ1) is 28.2. The van der Waals surface area contributed by atoms with Gasteiger partial charge in [0.25, 0.3) is 0 Å². The lowest BCUT2D eigenvalue weighted by Crippen LogP contribution is -2.58. The van der Waals surface area contributed by atoms with Gasteiger partial charge in [-0.1, -0.05) is 200 Å². The zero-order chi connectivity index (χ0) is 41.9. The van der Waals surface area contributed by atoms with Gasteiger partial charge in [0.1, 0.15) is 12.7 Å². The molecule has 0 amide bonds. The second-order valence-corrected chi connectivity index (χ2v) is 19.3. The number of esters is 3. The van der Waals surface area contributed by atoms with Crippen LogP contribution in [0.15, 0.2) is 23.8 Å². The normalized spacial score (nSPS) is 25.2. The van der Waals surface area contributed by atoms with Crippen LogP contribution in [0.5, 0.6) is 0 Å². The van der Waals surface area contributed by atoms with Gasteiger partial charge in [-0.25, -0.2) is 4.79 Å². The molecule has 6 nitrogen and oxygen atoms in total. The van der Waals surface area contributed by atoms with E-state index in [4.69, 9.17) is 14.2 Å². The molecule has 3 fully saturated rings. The molecule has 0 N–H and O–H groups in total. The minimum atomic E-state index is -0.497. The number of unbranched alkanes of at least 4 members (excludes halogenated alkanes) is 24. The van der Waals surface area contributed by atoms with Crippen LogP contribution in [0.3, 0.4) is 0 Å². The van der Waals surface area contributed by atoms with E-state index >= 15 is 0 Å². The van der Waals surface area contributed by atoms with E-state index in [0.29, 0.717) is 25.9 Å². The molecule has 5 atom stereocenters. The molecule has 6 heteroatoms. The Labute approximate surface area is 357 Å². The fourth-order valence-corrected chi connectivity index (χ4v) is 10.8. The Morgan fingerprint density at radius 2 is 1.14 bits per heavy atom. The number of carbonyl (C=O) groups excluding carboxylic acids is 3. The molecular weight excluding hydrogens is 721 g/mol. The Balaban J connectivity index is 1.48. The first-order valence-electron chi connectivity index (χ1n) is 25.0. The zero-order valence-electron chi connectivity index (χ0n) is 38.4. The summed E-state index contributed by atoms with van der Waals surface area (Å²) in [5.74, 6) is -0.0355. The summed E-state index contributed by atoms with van der Waals surface area (Å²) in [6, 6.07) is 0. The number of allylic oxidation sites excluding steroid dienone is 2. The van der Waals surface area contributed by atoms with E-state index in [1.807, 2.05) is 0 Å². The highest BCUT2D eigenvalue weighted by Crippen LogP contribution is 2.62. The summed E-state index contributed by atoms with van der Waals surface area (Å²) in [5.41, 5.74) is 1.41. The Kier molecular flexibility index (Phi) is 25.3. The summed E-state index contributed by atoms with van der Waals surface area (Å²) in [4.78, 5) is 39.0. The van der Waals surface area contributed by atoms with Gasteiger partial charge >= 0.3 is 17.9 Å². The van der Waals surface area contributed by atoms with Gasteiger partial charge in [-0.2, -0.15) is 0 Å². The average Bonchev–Trinajstić information content (AvgIpc) is 3.62. The Hall–Kier alpha value is -2.11. The molecule has 2 saturated carbocycles. The van der Waals surface area contributed by atoms with Crippen molar-refractivity contribution >= 4 is 17.9 Å². The molecule has 0 aromatic rings. The summed E-state index contributed by atoms with van der Waals surface area (Å²) in [5, 5.41) is 0.